The first kappa shape index (κ1) is 12.7. The summed E-state index contributed by atoms with van der Waals surface area (Å²) in [4.78, 5) is 17.0. The van der Waals surface area contributed by atoms with Crippen molar-refractivity contribution in [2.45, 2.75) is 45.3 Å². The van der Waals surface area contributed by atoms with Crippen molar-refractivity contribution in [1.29, 1.82) is 0 Å². The average Bonchev–Trinajstić information content (AvgIpc) is 2.77. The Morgan fingerprint density at radius 3 is 2.47 bits per heavy atom. The molecule has 0 spiro atoms. The molecule has 1 aromatic rings. The number of hydrogen-bond donors (Lipinski definition) is 0. The van der Waals surface area contributed by atoms with Crippen molar-refractivity contribution in [1.82, 2.24) is 9.80 Å². The van der Waals surface area contributed by atoms with Crippen molar-refractivity contribution in [3.8, 4) is 0 Å². The van der Waals surface area contributed by atoms with Gasteiger partial charge in [-0.1, -0.05) is 18.2 Å². The molecule has 102 valence electrons. The first-order chi connectivity index (χ1) is 9.16. The molecular weight excluding hydrogens is 236 g/mol. The van der Waals surface area contributed by atoms with E-state index in [1.54, 1.807) is 0 Å². The van der Waals surface area contributed by atoms with Gasteiger partial charge in [0.2, 0.25) is 0 Å². The molecule has 3 rings (SSSR count). The molecule has 0 aliphatic carbocycles. The fourth-order valence-corrected chi connectivity index (χ4v) is 3.29. The first-order valence-corrected chi connectivity index (χ1v) is 7.29. The number of piperidine rings is 1. The minimum atomic E-state index is 0.235. The van der Waals surface area contributed by atoms with Crippen molar-refractivity contribution in [3.63, 3.8) is 0 Å². The number of carbonyl (C=O) groups excluding carboxylic acids is 1. The second-order valence-corrected chi connectivity index (χ2v) is 5.95. The molecule has 0 saturated carbocycles. The van der Waals surface area contributed by atoms with Gasteiger partial charge in [-0.2, -0.15) is 0 Å². The van der Waals surface area contributed by atoms with Crippen molar-refractivity contribution < 1.29 is 4.79 Å². The molecule has 0 N–H and O–H groups in total. The molecule has 0 atom stereocenters. The summed E-state index contributed by atoms with van der Waals surface area (Å²) in [6.45, 7) is 7.53. The van der Waals surface area contributed by atoms with Crippen molar-refractivity contribution in [2.24, 2.45) is 0 Å². The van der Waals surface area contributed by atoms with E-state index in [2.05, 4.69) is 29.7 Å². The molecular formula is C16H22N2O. The number of hydrogen-bond acceptors (Lipinski definition) is 2. The first-order valence-electron chi connectivity index (χ1n) is 7.29. The molecule has 0 bridgehead atoms. The van der Waals surface area contributed by atoms with Crippen LogP contribution in [0.25, 0.3) is 0 Å². The van der Waals surface area contributed by atoms with Crippen LogP contribution in [-0.2, 0) is 6.54 Å². The third-order valence-corrected chi connectivity index (χ3v) is 4.52. The molecule has 0 unspecified atom stereocenters. The quantitative estimate of drug-likeness (QED) is 0.814. The maximum Gasteiger partial charge on any atom is 0.254 e. The third kappa shape index (κ3) is 2.27. The van der Waals surface area contributed by atoms with E-state index in [0.717, 1.165) is 38.0 Å². The van der Waals surface area contributed by atoms with E-state index >= 15 is 0 Å². The van der Waals surface area contributed by atoms with Crippen LogP contribution < -0.4 is 0 Å². The van der Waals surface area contributed by atoms with Crippen LogP contribution >= 0.6 is 0 Å². The summed E-state index contributed by atoms with van der Waals surface area (Å²) in [5.41, 5.74) is 2.10. The molecule has 2 aliphatic heterocycles. The largest absolute Gasteiger partial charge is 0.331 e. The van der Waals surface area contributed by atoms with Gasteiger partial charge in [0, 0.05) is 37.3 Å². The van der Waals surface area contributed by atoms with E-state index in [-0.39, 0.29) is 5.91 Å². The molecule has 2 aliphatic rings. The van der Waals surface area contributed by atoms with Crippen LogP contribution in [0.5, 0.6) is 0 Å². The number of rotatable bonds is 2. The van der Waals surface area contributed by atoms with Gasteiger partial charge in [-0.15, -0.1) is 0 Å². The van der Waals surface area contributed by atoms with Crippen LogP contribution in [0.3, 0.4) is 0 Å². The summed E-state index contributed by atoms with van der Waals surface area (Å²) >= 11 is 0. The van der Waals surface area contributed by atoms with Gasteiger partial charge in [-0.25, -0.2) is 0 Å². The van der Waals surface area contributed by atoms with E-state index in [4.69, 9.17) is 0 Å². The number of benzene rings is 1. The molecule has 1 amide bonds. The zero-order chi connectivity index (χ0) is 13.4. The third-order valence-electron chi connectivity index (χ3n) is 4.52. The van der Waals surface area contributed by atoms with E-state index in [9.17, 15) is 4.79 Å². The summed E-state index contributed by atoms with van der Waals surface area (Å²) in [5, 5.41) is 0. The van der Waals surface area contributed by atoms with Gasteiger partial charge in [0.1, 0.15) is 0 Å². The summed E-state index contributed by atoms with van der Waals surface area (Å²) in [6, 6.07) is 9.07. The number of likely N-dealkylation sites (tertiary alicyclic amines) is 1. The van der Waals surface area contributed by atoms with E-state index < -0.39 is 0 Å². The van der Waals surface area contributed by atoms with E-state index in [0.29, 0.717) is 12.1 Å². The van der Waals surface area contributed by atoms with Gasteiger partial charge >= 0.3 is 0 Å². The molecule has 3 nitrogen and oxygen atoms in total. The Kier molecular flexibility index (Phi) is 3.31. The summed E-state index contributed by atoms with van der Waals surface area (Å²) in [6.07, 6.45) is 2.22. The summed E-state index contributed by atoms with van der Waals surface area (Å²) in [5.74, 6) is 0.235. The van der Waals surface area contributed by atoms with E-state index in [1.807, 2.05) is 18.2 Å². The lowest BCUT2D eigenvalue weighted by Gasteiger charge is -2.38. The molecule has 19 heavy (non-hydrogen) atoms. The highest BCUT2D eigenvalue weighted by molar-refractivity contribution is 5.98. The molecule has 2 heterocycles. The second-order valence-electron chi connectivity index (χ2n) is 5.95. The Balaban J connectivity index is 1.68. The maximum absolute atomic E-state index is 12.4. The topological polar surface area (TPSA) is 23.6 Å². The SMILES string of the molecule is CC(C)N1CCC(N2Cc3ccccc3C2=O)CC1. The van der Waals surface area contributed by atoms with Crippen LogP contribution in [0.2, 0.25) is 0 Å². The average molecular weight is 258 g/mol. The standard InChI is InChI=1S/C16H22N2O/c1-12(2)17-9-7-14(8-10-17)18-11-13-5-3-4-6-15(13)16(18)19/h3-6,12,14H,7-11H2,1-2H3. The van der Waals surface area contributed by atoms with Crippen molar-refractivity contribution >= 4 is 5.91 Å². The minimum Gasteiger partial charge on any atom is -0.331 e. The highest BCUT2D eigenvalue weighted by Gasteiger charge is 2.34. The van der Waals surface area contributed by atoms with Gasteiger partial charge in [0.15, 0.2) is 0 Å². The predicted molar refractivity (Wildman–Crippen MR) is 76.0 cm³/mol. The molecule has 1 fully saturated rings. The molecule has 1 aromatic carbocycles. The van der Waals surface area contributed by atoms with Gasteiger partial charge in [0.25, 0.3) is 5.91 Å². The zero-order valence-electron chi connectivity index (χ0n) is 11.8. The lowest BCUT2D eigenvalue weighted by atomic mass is 10.0. The Labute approximate surface area is 115 Å². The number of carbonyl (C=O) groups is 1. The fourth-order valence-electron chi connectivity index (χ4n) is 3.29. The van der Waals surface area contributed by atoms with Gasteiger partial charge in [0.05, 0.1) is 0 Å². The maximum atomic E-state index is 12.4. The van der Waals surface area contributed by atoms with Gasteiger partial charge in [-0.05, 0) is 38.3 Å². The molecule has 0 radical (unpaired) electrons. The van der Waals surface area contributed by atoms with Crippen LogP contribution in [0, 0.1) is 0 Å². The summed E-state index contributed by atoms with van der Waals surface area (Å²) < 4.78 is 0. The Bertz CT molecular complexity index is 475. The van der Waals surface area contributed by atoms with Crippen molar-refractivity contribution in [3.05, 3.63) is 35.4 Å². The van der Waals surface area contributed by atoms with Crippen molar-refractivity contribution in [2.75, 3.05) is 13.1 Å². The highest BCUT2D eigenvalue weighted by atomic mass is 16.2. The smallest absolute Gasteiger partial charge is 0.254 e. The highest BCUT2D eigenvalue weighted by Crippen LogP contribution is 2.28. The van der Waals surface area contributed by atoms with Gasteiger partial charge < -0.3 is 9.80 Å². The van der Waals surface area contributed by atoms with E-state index in [1.165, 1.54) is 5.56 Å². The minimum absolute atomic E-state index is 0.235. The summed E-state index contributed by atoms with van der Waals surface area (Å²) in [7, 11) is 0. The van der Waals surface area contributed by atoms with Crippen LogP contribution in [0.1, 0.15) is 42.6 Å². The normalized spacial score (nSPS) is 21.2. The lowest BCUT2D eigenvalue weighted by molar-refractivity contribution is 0.0566. The fraction of sp³-hybridized carbons (Fsp3) is 0.562. The number of amides is 1. The predicted octanol–water partition coefficient (Wildman–Crippen LogP) is 2.52. The molecule has 3 heteroatoms. The molecule has 1 saturated heterocycles. The Morgan fingerprint density at radius 2 is 1.84 bits per heavy atom. The van der Waals surface area contributed by atoms with Crippen LogP contribution in [0.15, 0.2) is 24.3 Å². The lowest BCUT2D eigenvalue weighted by Crippen LogP contribution is -2.46. The monoisotopic (exact) mass is 258 g/mol. The number of nitrogens with zero attached hydrogens (tertiary/aromatic N) is 2. The Morgan fingerprint density at radius 1 is 1.16 bits per heavy atom. The van der Waals surface area contributed by atoms with Gasteiger partial charge in [-0.3, -0.25) is 4.79 Å². The Hall–Kier alpha value is -1.35. The zero-order valence-corrected chi connectivity index (χ0v) is 11.8. The second kappa shape index (κ2) is 4.97. The number of fused-ring (bicyclic) bond motifs is 1. The van der Waals surface area contributed by atoms with Crippen LogP contribution in [-0.4, -0.2) is 40.9 Å². The molecule has 0 aromatic heterocycles. The van der Waals surface area contributed by atoms with Crippen LogP contribution in [0.4, 0.5) is 0 Å².